The summed E-state index contributed by atoms with van der Waals surface area (Å²) in [5.41, 5.74) is 2.84. The standard InChI is InChI=1S/C18H19N3O2/c1-13-11-15(23-2)3-4-16(13)20-18(22)7-10-21-9-6-14-5-8-19-12-17(14)21/h3-6,8-9,11-12H,7,10H2,1-2H3,(H,20,22). The summed E-state index contributed by atoms with van der Waals surface area (Å²) >= 11 is 0. The maximum absolute atomic E-state index is 12.2. The van der Waals surface area contributed by atoms with E-state index in [2.05, 4.69) is 10.3 Å². The molecule has 0 aliphatic rings. The first kappa shape index (κ1) is 15.1. The maximum Gasteiger partial charge on any atom is 0.226 e. The Morgan fingerprint density at radius 3 is 2.96 bits per heavy atom. The Labute approximate surface area is 134 Å². The molecule has 0 aliphatic heterocycles. The lowest BCUT2D eigenvalue weighted by atomic mass is 10.2. The van der Waals surface area contributed by atoms with Gasteiger partial charge < -0.3 is 14.6 Å². The third-order valence-corrected chi connectivity index (χ3v) is 3.86. The monoisotopic (exact) mass is 309 g/mol. The number of aromatic nitrogens is 2. The summed E-state index contributed by atoms with van der Waals surface area (Å²) in [6.45, 7) is 2.57. The lowest BCUT2D eigenvalue weighted by Crippen LogP contribution is -2.15. The van der Waals surface area contributed by atoms with E-state index in [0.29, 0.717) is 13.0 Å². The van der Waals surface area contributed by atoms with Crippen LogP contribution in [0.15, 0.2) is 48.9 Å². The van der Waals surface area contributed by atoms with Gasteiger partial charge in [-0.05, 0) is 42.8 Å². The van der Waals surface area contributed by atoms with Crippen molar-refractivity contribution < 1.29 is 9.53 Å². The molecular weight excluding hydrogens is 290 g/mol. The van der Waals surface area contributed by atoms with Crippen molar-refractivity contribution in [2.24, 2.45) is 0 Å². The molecule has 1 aromatic carbocycles. The molecular formula is C18H19N3O2. The molecule has 5 heteroatoms. The van der Waals surface area contributed by atoms with Gasteiger partial charge in [0.15, 0.2) is 0 Å². The first-order valence-electron chi connectivity index (χ1n) is 7.51. The van der Waals surface area contributed by atoms with Gasteiger partial charge in [0.2, 0.25) is 5.91 Å². The molecule has 0 spiro atoms. The summed E-state index contributed by atoms with van der Waals surface area (Å²) in [5, 5.41) is 4.08. The Balaban J connectivity index is 1.64. The number of benzene rings is 1. The van der Waals surface area contributed by atoms with Crippen LogP contribution in [0.25, 0.3) is 10.9 Å². The summed E-state index contributed by atoms with van der Waals surface area (Å²) in [6, 6.07) is 9.60. The van der Waals surface area contributed by atoms with Crippen molar-refractivity contribution in [3.8, 4) is 5.75 Å². The number of fused-ring (bicyclic) bond motifs is 1. The lowest BCUT2D eigenvalue weighted by molar-refractivity contribution is -0.116. The number of amides is 1. The minimum Gasteiger partial charge on any atom is -0.497 e. The fourth-order valence-corrected chi connectivity index (χ4v) is 2.56. The number of hydrogen-bond donors (Lipinski definition) is 1. The number of rotatable bonds is 5. The molecule has 0 atom stereocenters. The van der Waals surface area contributed by atoms with E-state index in [1.54, 1.807) is 13.3 Å². The van der Waals surface area contributed by atoms with Gasteiger partial charge in [0, 0.05) is 36.4 Å². The van der Waals surface area contributed by atoms with Crippen molar-refractivity contribution in [3.63, 3.8) is 0 Å². The molecule has 2 heterocycles. The number of carbonyl (C=O) groups excluding carboxylic acids is 1. The molecule has 3 aromatic rings. The molecule has 0 saturated heterocycles. The number of methoxy groups -OCH3 is 1. The molecule has 0 radical (unpaired) electrons. The zero-order chi connectivity index (χ0) is 16.2. The molecule has 3 rings (SSSR count). The highest BCUT2D eigenvalue weighted by molar-refractivity contribution is 5.91. The summed E-state index contributed by atoms with van der Waals surface area (Å²) in [7, 11) is 1.63. The smallest absolute Gasteiger partial charge is 0.226 e. The van der Waals surface area contributed by atoms with Gasteiger partial charge >= 0.3 is 0 Å². The third kappa shape index (κ3) is 3.34. The van der Waals surface area contributed by atoms with Gasteiger partial charge in [-0.15, -0.1) is 0 Å². The van der Waals surface area contributed by atoms with Crippen LogP contribution in [0, 0.1) is 6.92 Å². The molecule has 1 N–H and O–H groups in total. The quantitative estimate of drug-likeness (QED) is 0.786. The molecule has 23 heavy (non-hydrogen) atoms. The zero-order valence-corrected chi connectivity index (χ0v) is 13.2. The third-order valence-electron chi connectivity index (χ3n) is 3.86. The number of hydrogen-bond acceptors (Lipinski definition) is 3. The molecule has 0 unspecified atom stereocenters. The second-order valence-corrected chi connectivity index (χ2v) is 5.42. The fourth-order valence-electron chi connectivity index (χ4n) is 2.56. The first-order chi connectivity index (χ1) is 11.2. The molecule has 0 saturated carbocycles. The summed E-state index contributed by atoms with van der Waals surface area (Å²) in [4.78, 5) is 16.3. The lowest BCUT2D eigenvalue weighted by Gasteiger charge is -2.10. The molecule has 0 aliphatic carbocycles. The zero-order valence-electron chi connectivity index (χ0n) is 13.2. The average molecular weight is 309 g/mol. The molecule has 2 aromatic heterocycles. The van der Waals surface area contributed by atoms with Gasteiger partial charge in [-0.1, -0.05) is 0 Å². The van der Waals surface area contributed by atoms with Gasteiger partial charge in [-0.25, -0.2) is 0 Å². The van der Waals surface area contributed by atoms with Crippen LogP contribution in [0.4, 0.5) is 5.69 Å². The Morgan fingerprint density at radius 2 is 2.17 bits per heavy atom. The van der Waals surface area contributed by atoms with E-state index >= 15 is 0 Å². The largest absolute Gasteiger partial charge is 0.497 e. The maximum atomic E-state index is 12.2. The Morgan fingerprint density at radius 1 is 1.30 bits per heavy atom. The number of nitrogens with zero attached hydrogens (tertiary/aromatic N) is 2. The van der Waals surface area contributed by atoms with Crippen LogP contribution in [0.3, 0.4) is 0 Å². The fraction of sp³-hybridized carbons (Fsp3) is 0.222. The number of anilines is 1. The number of aryl methyl sites for hydroxylation is 2. The highest BCUT2D eigenvalue weighted by Gasteiger charge is 2.07. The minimum absolute atomic E-state index is 0.0102. The van der Waals surface area contributed by atoms with Crippen molar-refractivity contribution in [1.82, 2.24) is 9.55 Å². The summed E-state index contributed by atoms with van der Waals surface area (Å²) < 4.78 is 7.21. The van der Waals surface area contributed by atoms with Crippen LogP contribution in [-0.4, -0.2) is 22.6 Å². The van der Waals surface area contributed by atoms with Crippen molar-refractivity contribution in [2.45, 2.75) is 19.9 Å². The molecule has 5 nitrogen and oxygen atoms in total. The Bertz CT molecular complexity index is 839. The number of ether oxygens (including phenoxy) is 1. The SMILES string of the molecule is COc1ccc(NC(=O)CCn2ccc3ccncc32)c(C)c1. The predicted molar refractivity (Wildman–Crippen MR) is 90.7 cm³/mol. The van der Waals surface area contributed by atoms with Gasteiger partial charge in [-0.2, -0.15) is 0 Å². The van der Waals surface area contributed by atoms with Crippen LogP contribution in [-0.2, 0) is 11.3 Å². The van der Waals surface area contributed by atoms with Crippen LogP contribution in [0.1, 0.15) is 12.0 Å². The molecule has 0 fully saturated rings. The Kier molecular flexibility index (Phi) is 4.28. The number of nitrogens with one attached hydrogen (secondary N) is 1. The van der Waals surface area contributed by atoms with E-state index in [1.807, 2.05) is 54.2 Å². The van der Waals surface area contributed by atoms with E-state index < -0.39 is 0 Å². The first-order valence-corrected chi connectivity index (χ1v) is 7.51. The van der Waals surface area contributed by atoms with Gasteiger partial charge in [0.1, 0.15) is 5.75 Å². The normalized spacial score (nSPS) is 10.7. The molecule has 0 bridgehead atoms. The highest BCUT2D eigenvalue weighted by Crippen LogP contribution is 2.21. The van der Waals surface area contributed by atoms with Crippen molar-refractivity contribution in [1.29, 1.82) is 0 Å². The van der Waals surface area contributed by atoms with Crippen LogP contribution in [0.5, 0.6) is 5.75 Å². The van der Waals surface area contributed by atoms with E-state index in [4.69, 9.17) is 4.74 Å². The van der Waals surface area contributed by atoms with Crippen LogP contribution < -0.4 is 10.1 Å². The van der Waals surface area contributed by atoms with Gasteiger partial charge in [-0.3, -0.25) is 9.78 Å². The average Bonchev–Trinajstić information content (AvgIpc) is 2.98. The van der Waals surface area contributed by atoms with Gasteiger partial charge in [0.25, 0.3) is 0 Å². The Hall–Kier alpha value is -2.82. The minimum atomic E-state index is -0.0102. The molecule has 118 valence electrons. The topological polar surface area (TPSA) is 56.1 Å². The van der Waals surface area contributed by atoms with Crippen LogP contribution >= 0.6 is 0 Å². The van der Waals surface area contributed by atoms with Crippen LogP contribution in [0.2, 0.25) is 0 Å². The van der Waals surface area contributed by atoms with Crippen molar-refractivity contribution >= 4 is 22.5 Å². The predicted octanol–water partition coefficient (Wildman–Crippen LogP) is 3.38. The summed E-state index contributed by atoms with van der Waals surface area (Å²) in [5.74, 6) is 0.774. The number of pyridine rings is 1. The second-order valence-electron chi connectivity index (χ2n) is 5.42. The second kappa shape index (κ2) is 6.52. The van der Waals surface area contributed by atoms with E-state index in [0.717, 1.165) is 27.9 Å². The van der Waals surface area contributed by atoms with Crippen molar-refractivity contribution in [2.75, 3.05) is 12.4 Å². The van der Waals surface area contributed by atoms with Crippen molar-refractivity contribution in [3.05, 3.63) is 54.5 Å². The van der Waals surface area contributed by atoms with Gasteiger partial charge in [0.05, 0.1) is 18.8 Å². The van der Waals surface area contributed by atoms with E-state index in [9.17, 15) is 4.79 Å². The van der Waals surface area contributed by atoms with E-state index in [-0.39, 0.29) is 5.91 Å². The van der Waals surface area contributed by atoms with E-state index in [1.165, 1.54) is 0 Å². The number of carbonyl (C=O) groups is 1. The molecule has 1 amide bonds. The highest BCUT2D eigenvalue weighted by atomic mass is 16.5. The summed E-state index contributed by atoms with van der Waals surface area (Å²) in [6.07, 6.45) is 5.98.